The molecule has 0 unspecified atom stereocenters. The quantitative estimate of drug-likeness (QED) is 0.340. The maximum absolute atomic E-state index is 11.9. The number of amides is 1. The van der Waals surface area contributed by atoms with Crippen LogP contribution in [0.4, 0.5) is 16.6 Å². The molecule has 0 radical (unpaired) electrons. The third-order valence-corrected chi connectivity index (χ3v) is 6.61. The molecule has 3 N–H and O–H groups in total. The van der Waals surface area contributed by atoms with E-state index >= 15 is 0 Å². The van der Waals surface area contributed by atoms with Crippen molar-refractivity contribution in [2.45, 2.75) is 22.9 Å². The molecule has 172 valence electrons. The molecule has 1 aliphatic rings. The number of aliphatic hydroxyl groups excluding tert-OH is 1. The zero-order valence-electron chi connectivity index (χ0n) is 18.3. The minimum Gasteiger partial charge on any atom is -0.446 e. The van der Waals surface area contributed by atoms with Crippen LogP contribution in [-0.2, 0) is 17.9 Å². The van der Waals surface area contributed by atoms with Gasteiger partial charge in [0.2, 0.25) is 5.95 Å². The number of aromatic nitrogens is 2. The van der Waals surface area contributed by atoms with Gasteiger partial charge in [0, 0.05) is 21.7 Å². The van der Waals surface area contributed by atoms with E-state index in [0.717, 1.165) is 31.8 Å². The zero-order valence-corrected chi connectivity index (χ0v) is 19.1. The number of cyclic esters (lactones) is 1. The summed E-state index contributed by atoms with van der Waals surface area (Å²) in [6.45, 7) is 1.29. The Labute approximate surface area is 201 Å². The van der Waals surface area contributed by atoms with Crippen LogP contribution in [-0.4, -0.2) is 39.3 Å². The summed E-state index contributed by atoms with van der Waals surface area (Å²) in [5.41, 5.74) is 5.80. The monoisotopic (exact) mass is 473 g/mol. The van der Waals surface area contributed by atoms with Crippen molar-refractivity contribution < 1.29 is 14.6 Å². The van der Waals surface area contributed by atoms with Crippen molar-refractivity contribution in [1.82, 2.24) is 15.0 Å². The van der Waals surface area contributed by atoms with E-state index in [1.54, 1.807) is 11.8 Å². The Kier molecular flexibility index (Phi) is 6.46. The average molecular weight is 474 g/mol. The topological polar surface area (TPSA) is 99.6 Å². The molecule has 8 nitrogen and oxygen atoms in total. The molecule has 2 heterocycles. The summed E-state index contributed by atoms with van der Waals surface area (Å²) >= 11 is 1.62. The van der Waals surface area contributed by atoms with Crippen LogP contribution in [0.1, 0.15) is 11.1 Å². The third kappa shape index (κ3) is 4.75. The molecule has 0 bridgehead atoms. The molecular formula is C25H23N5O3S. The fourth-order valence-electron chi connectivity index (χ4n) is 3.64. The maximum Gasteiger partial charge on any atom is 0.428 e. The molecule has 3 aromatic carbocycles. The molecule has 1 fully saturated rings. The number of nitrogens with one attached hydrogen (secondary N) is 2. The van der Waals surface area contributed by atoms with Crippen LogP contribution in [0.2, 0.25) is 0 Å². The highest BCUT2D eigenvalue weighted by atomic mass is 32.2. The number of rotatable bonds is 8. The van der Waals surface area contributed by atoms with Crippen LogP contribution in [0.25, 0.3) is 10.9 Å². The highest BCUT2D eigenvalue weighted by Crippen LogP contribution is 2.33. The number of ether oxygens (including phenoxy) is 1. The van der Waals surface area contributed by atoms with Gasteiger partial charge in [-0.2, -0.15) is 4.98 Å². The summed E-state index contributed by atoms with van der Waals surface area (Å²) in [4.78, 5) is 23.3. The largest absolute Gasteiger partial charge is 0.446 e. The van der Waals surface area contributed by atoms with Gasteiger partial charge in [0.15, 0.2) is 5.82 Å². The van der Waals surface area contributed by atoms with Crippen LogP contribution >= 0.6 is 11.8 Å². The van der Waals surface area contributed by atoms with Gasteiger partial charge < -0.3 is 15.2 Å². The van der Waals surface area contributed by atoms with E-state index in [4.69, 9.17) is 4.74 Å². The lowest BCUT2D eigenvalue weighted by molar-refractivity contribution is 0.163. The lowest BCUT2D eigenvalue weighted by Crippen LogP contribution is -2.31. The standard InChI is InChI=1S/C25H23N5O3S/c31-16-18-8-2-6-12-22(18)34-21-11-5-1-7-17(21)15-26-24-27-20-10-4-3-9-19(20)23(28-24)29-30-13-14-33-25(30)32/h1-12,31H,13-16H2,(H2,26,27,28,29). The first kappa shape index (κ1) is 22.0. The van der Waals surface area contributed by atoms with Gasteiger partial charge in [0.25, 0.3) is 0 Å². The Morgan fingerprint density at radius 1 is 0.941 bits per heavy atom. The highest BCUT2D eigenvalue weighted by Gasteiger charge is 2.23. The van der Waals surface area contributed by atoms with Crippen molar-refractivity contribution in [2.75, 3.05) is 23.9 Å². The van der Waals surface area contributed by atoms with E-state index in [9.17, 15) is 9.90 Å². The van der Waals surface area contributed by atoms with Crippen molar-refractivity contribution >= 4 is 40.5 Å². The normalized spacial score (nSPS) is 13.2. The summed E-state index contributed by atoms with van der Waals surface area (Å²) in [5, 5.41) is 15.2. The van der Waals surface area contributed by atoms with Gasteiger partial charge in [-0.05, 0) is 35.4 Å². The van der Waals surface area contributed by atoms with Gasteiger partial charge in [0.1, 0.15) is 6.61 Å². The number of carbonyl (C=O) groups is 1. The molecule has 1 aliphatic heterocycles. The molecule has 5 rings (SSSR count). The number of aliphatic hydroxyl groups is 1. The van der Waals surface area contributed by atoms with Crippen molar-refractivity contribution in [1.29, 1.82) is 0 Å². The summed E-state index contributed by atoms with van der Waals surface area (Å²) in [6, 6.07) is 23.6. The van der Waals surface area contributed by atoms with Gasteiger partial charge in [0.05, 0.1) is 18.7 Å². The number of hydrogen-bond acceptors (Lipinski definition) is 8. The molecule has 0 spiro atoms. The number of para-hydroxylation sites is 1. The van der Waals surface area contributed by atoms with Crippen LogP contribution < -0.4 is 10.7 Å². The molecule has 1 aromatic heterocycles. The SMILES string of the molecule is O=C1OCCN1Nc1nc(NCc2ccccc2Sc2ccccc2CO)nc2ccccc12. The smallest absolute Gasteiger partial charge is 0.428 e. The first-order valence-corrected chi connectivity index (χ1v) is 11.7. The number of nitrogens with zero attached hydrogens (tertiary/aromatic N) is 3. The fourth-order valence-corrected chi connectivity index (χ4v) is 4.71. The maximum atomic E-state index is 11.9. The Hall–Kier alpha value is -3.82. The van der Waals surface area contributed by atoms with Crippen molar-refractivity contribution in [3.8, 4) is 0 Å². The summed E-state index contributed by atoms with van der Waals surface area (Å²) < 4.78 is 5.01. The third-order valence-electron chi connectivity index (χ3n) is 5.38. The number of fused-ring (bicyclic) bond motifs is 1. The Morgan fingerprint density at radius 3 is 2.41 bits per heavy atom. The molecule has 34 heavy (non-hydrogen) atoms. The van der Waals surface area contributed by atoms with Crippen molar-refractivity contribution in [3.05, 3.63) is 83.9 Å². The molecule has 0 aliphatic carbocycles. The second kappa shape index (κ2) is 9.98. The lowest BCUT2D eigenvalue weighted by Gasteiger charge is -2.17. The van der Waals surface area contributed by atoms with E-state index < -0.39 is 6.09 Å². The predicted molar refractivity (Wildman–Crippen MR) is 131 cm³/mol. The Bertz CT molecular complexity index is 1330. The first-order valence-electron chi connectivity index (χ1n) is 10.9. The molecule has 1 amide bonds. The van der Waals surface area contributed by atoms with Gasteiger partial charge in [-0.3, -0.25) is 5.43 Å². The number of hydrazine groups is 1. The summed E-state index contributed by atoms with van der Waals surface area (Å²) in [6.07, 6.45) is -0.425. The van der Waals surface area contributed by atoms with Crippen LogP contribution in [0.3, 0.4) is 0 Å². The minimum atomic E-state index is -0.425. The first-order chi connectivity index (χ1) is 16.7. The van der Waals surface area contributed by atoms with E-state index in [2.05, 4.69) is 32.8 Å². The van der Waals surface area contributed by atoms with E-state index in [0.29, 0.717) is 31.5 Å². The average Bonchev–Trinajstić information content (AvgIpc) is 3.28. The number of hydrogen-bond donors (Lipinski definition) is 3. The predicted octanol–water partition coefficient (Wildman–Crippen LogP) is 4.66. The molecule has 1 saturated heterocycles. The minimum absolute atomic E-state index is 0.00510. The molecule has 9 heteroatoms. The van der Waals surface area contributed by atoms with Gasteiger partial charge in [-0.25, -0.2) is 14.8 Å². The van der Waals surface area contributed by atoms with Crippen molar-refractivity contribution in [3.63, 3.8) is 0 Å². The number of benzene rings is 3. The van der Waals surface area contributed by atoms with E-state index in [1.807, 2.05) is 60.7 Å². The Morgan fingerprint density at radius 2 is 1.65 bits per heavy atom. The van der Waals surface area contributed by atoms with E-state index in [-0.39, 0.29) is 6.61 Å². The van der Waals surface area contributed by atoms with Crippen LogP contribution in [0.5, 0.6) is 0 Å². The van der Waals surface area contributed by atoms with Crippen LogP contribution in [0.15, 0.2) is 82.6 Å². The number of anilines is 2. The van der Waals surface area contributed by atoms with Gasteiger partial charge in [-0.15, -0.1) is 0 Å². The zero-order chi connectivity index (χ0) is 23.3. The highest BCUT2D eigenvalue weighted by molar-refractivity contribution is 7.99. The lowest BCUT2D eigenvalue weighted by atomic mass is 10.2. The van der Waals surface area contributed by atoms with Crippen LogP contribution in [0, 0.1) is 0 Å². The van der Waals surface area contributed by atoms with Gasteiger partial charge in [-0.1, -0.05) is 60.3 Å². The second-order valence-electron chi connectivity index (χ2n) is 7.62. The fraction of sp³-hybridized carbons (Fsp3) is 0.160. The second-order valence-corrected chi connectivity index (χ2v) is 8.70. The Balaban J connectivity index is 1.39. The summed E-state index contributed by atoms with van der Waals surface area (Å²) in [5.74, 6) is 0.982. The molecular weight excluding hydrogens is 450 g/mol. The molecule has 4 aromatic rings. The number of carbonyl (C=O) groups excluding carboxylic acids is 1. The molecule has 0 saturated carbocycles. The van der Waals surface area contributed by atoms with E-state index in [1.165, 1.54) is 5.01 Å². The molecule has 0 atom stereocenters. The summed E-state index contributed by atoms with van der Waals surface area (Å²) in [7, 11) is 0. The van der Waals surface area contributed by atoms with Gasteiger partial charge >= 0.3 is 6.09 Å². The van der Waals surface area contributed by atoms with Crippen molar-refractivity contribution in [2.24, 2.45) is 0 Å².